The minimum absolute atomic E-state index is 0.209. The highest BCUT2D eigenvalue weighted by molar-refractivity contribution is 5.40. The number of hydrogen-bond donors (Lipinski definition) is 4. The predicted octanol–water partition coefficient (Wildman–Crippen LogP) is -0.171. The first-order chi connectivity index (χ1) is 12.5. The van der Waals surface area contributed by atoms with Crippen LogP contribution in [-0.2, 0) is 28.3 Å². The summed E-state index contributed by atoms with van der Waals surface area (Å²) in [7, 11) is 0. The summed E-state index contributed by atoms with van der Waals surface area (Å²) in [4.78, 5) is 4.11. The summed E-state index contributed by atoms with van der Waals surface area (Å²) in [6.07, 6.45) is -1.28. The van der Waals surface area contributed by atoms with Crippen molar-refractivity contribution in [2.24, 2.45) is 0 Å². The highest BCUT2D eigenvalue weighted by Gasteiger charge is 2.58. The largest absolute Gasteiger partial charge is 0.394 e. The zero-order chi connectivity index (χ0) is 18.3. The SMILES string of the molecule is OC[C@H]1O[C@]2(OCc3ccc(Cc4cccnc4)cc32)[C@H](O)[C@@H](O)C1O. The van der Waals surface area contributed by atoms with Gasteiger partial charge in [0.2, 0.25) is 5.79 Å². The molecule has 0 amide bonds. The van der Waals surface area contributed by atoms with Crippen molar-refractivity contribution in [2.75, 3.05) is 6.61 Å². The summed E-state index contributed by atoms with van der Waals surface area (Å²) in [5.41, 5.74) is 3.45. The maximum Gasteiger partial charge on any atom is 0.225 e. The lowest BCUT2D eigenvalue weighted by Crippen LogP contribution is -2.63. The van der Waals surface area contributed by atoms with E-state index in [2.05, 4.69) is 4.98 Å². The number of ether oxygens (including phenoxy) is 2. The van der Waals surface area contributed by atoms with Gasteiger partial charge in [-0.15, -0.1) is 0 Å². The monoisotopic (exact) mass is 359 g/mol. The van der Waals surface area contributed by atoms with Crippen molar-refractivity contribution < 1.29 is 29.9 Å². The highest BCUT2D eigenvalue weighted by atomic mass is 16.7. The Morgan fingerprint density at radius 1 is 1.12 bits per heavy atom. The molecular formula is C19H21NO6. The molecule has 4 N–H and O–H groups in total. The van der Waals surface area contributed by atoms with Gasteiger partial charge in [0.25, 0.3) is 0 Å². The second-order valence-corrected chi connectivity index (χ2v) is 6.75. The number of aliphatic hydroxyl groups excluding tert-OH is 4. The third kappa shape index (κ3) is 2.73. The van der Waals surface area contributed by atoms with Gasteiger partial charge < -0.3 is 29.9 Å². The van der Waals surface area contributed by atoms with Crippen LogP contribution in [0.5, 0.6) is 0 Å². The molecule has 2 aliphatic heterocycles. The Labute approximate surface area is 150 Å². The Bertz CT molecular complexity index is 783. The van der Waals surface area contributed by atoms with Crippen molar-refractivity contribution in [3.63, 3.8) is 0 Å². The van der Waals surface area contributed by atoms with Crippen molar-refractivity contribution in [2.45, 2.75) is 43.2 Å². The summed E-state index contributed by atoms with van der Waals surface area (Å²) in [6, 6.07) is 9.58. The van der Waals surface area contributed by atoms with Crippen LogP contribution in [0.4, 0.5) is 0 Å². The summed E-state index contributed by atoms with van der Waals surface area (Å²) >= 11 is 0. The third-order valence-corrected chi connectivity index (χ3v) is 5.07. The van der Waals surface area contributed by atoms with Gasteiger partial charge >= 0.3 is 0 Å². The van der Waals surface area contributed by atoms with E-state index in [1.54, 1.807) is 12.4 Å². The second kappa shape index (κ2) is 6.70. The molecule has 0 saturated carbocycles. The molecule has 0 radical (unpaired) electrons. The van der Waals surface area contributed by atoms with Gasteiger partial charge in [0.05, 0.1) is 13.2 Å². The van der Waals surface area contributed by atoms with Crippen molar-refractivity contribution in [1.82, 2.24) is 4.98 Å². The number of hydrogen-bond acceptors (Lipinski definition) is 7. The van der Waals surface area contributed by atoms with E-state index in [1.807, 2.05) is 30.3 Å². The number of aliphatic hydroxyl groups is 4. The average Bonchev–Trinajstić information content (AvgIpc) is 3.03. The van der Waals surface area contributed by atoms with Crippen LogP contribution in [0.15, 0.2) is 42.7 Å². The van der Waals surface area contributed by atoms with Crippen LogP contribution in [0, 0.1) is 0 Å². The molecule has 2 aromatic rings. The van der Waals surface area contributed by atoms with Gasteiger partial charge in [0.1, 0.15) is 24.4 Å². The number of nitrogens with zero attached hydrogens (tertiary/aromatic N) is 1. The lowest BCUT2D eigenvalue weighted by Gasteiger charge is -2.46. The van der Waals surface area contributed by atoms with E-state index in [1.165, 1.54) is 0 Å². The molecular weight excluding hydrogens is 338 g/mol. The number of fused-ring (bicyclic) bond motifs is 2. The Morgan fingerprint density at radius 3 is 2.69 bits per heavy atom. The normalized spacial score (nSPS) is 33.4. The standard InChI is InChI=1S/C19H21NO6/c21-9-15-16(22)17(23)18(24)19(26-15)14-7-11(3-4-13(14)10-25-19)6-12-2-1-5-20-8-12/h1-5,7-8,15-18,21-24H,6,9-10H2/t15-,16?,17+,18-,19+/m1/s1. The van der Waals surface area contributed by atoms with E-state index in [9.17, 15) is 20.4 Å². The summed E-state index contributed by atoms with van der Waals surface area (Å²) in [5, 5.41) is 40.3. The van der Waals surface area contributed by atoms with Crippen LogP contribution in [0.25, 0.3) is 0 Å². The van der Waals surface area contributed by atoms with E-state index in [0.29, 0.717) is 12.0 Å². The molecule has 5 atom stereocenters. The van der Waals surface area contributed by atoms with Crippen LogP contribution in [0.3, 0.4) is 0 Å². The first-order valence-corrected chi connectivity index (χ1v) is 8.53. The fourth-order valence-corrected chi connectivity index (χ4v) is 3.67. The molecule has 1 saturated heterocycles. The number of rotatable bonds is 3. The Hall–Kier alpha value is -1.87. The molecule has 26 heavy (non-hydrogen) atoms. The highest BCUT2D eigenvalue weighted by Crippen LogP contribution is 2.46. The van der Waals surface area contributed by atoms with Crippen LogP contribution in [0.2, 0.25) is 0 Å². The van der Waals surface area contributed by atoms with Gasteiger partial charge in [-0.25, -0.2) is 0 Å². The predicted molar refractivity (Wildman–Crippen MR) is 89.9 cm³/mol. The van der Waals surface area contributed by atoms with Crippen molar-refractivity contribution in [3.8, 4) is 0 Å². The van der Waals surface area contributed by atoms with Gasteiger partial charge in [0, 0.05) is 18.0 Å². The van der Waals surface area contributed by atoms with Crippen LogP contribution in [-0.4, -0.2) is 56.4 Å². The van der Waals surface area contributed by atoms with Crippen molar-refractivity contribution in [1.29, 1.82) is 0 Å². The molecule has 1 unspecified atom stereocenters. The lowest BCUT2D eigenvalue weighted by atomic mass is 9.86. The zero-order valence-electron chi connectivity index (χ0n) is 14.0. The van der Waals surface area contributed by atoms with E-state index in [-0.39, 0.29) is 6.61 Å². The maximum absolute atomic E-state index is 10.6. The summed E-state index contributed by atoms with van der Waals surface area (Å²) in [6.45, 7) is -0.290. The molecule has 0 aliphatic carbocycles. The maximum atomic E-state index is 10.6. The third-order valence-electron chi connectivity index (χ3n) is 5.07. The van der Waals surface area contributed by atoms with E-state index < -0.39 is 36.8 Å². The van der Waals surface area contributed by atoms with Crippen LogP contribution >= 0.6 is 0 Å². The van der Waals surface area contributed by atoms with Crippen LogP contribution in [0.1, 0.15) is 22.3 Å². The minimum Gasteiger partial charge on any atom is -0.394 e. The van der Waals surface area contributed by atoms with Crippen molar-refractivity contribution in [3.05, 3.63) is 65.0 Å². The lowest BCUT2D eigenvalue weighted by molar-refractivity contribution is -0.368. The van der Waals surface area contributed by atoms with Crippen LogP contribution < -0.4 is 0 Å². The molecule has 1 aromatic heterocycles. The fourth-order valence-electron chi connectivity index (χ4n) is 3.67. The van der Waals surface area contributed by atoms with Gasteiger partial charge in [-0.2, -0.15) is 0 Å². The van der Waals surface area contributed by atoms with E-state index in [0.717, 1.165) is 16.7 Å². The topological polar surface area (TPSA) is 112 Å². The molecule has 1 spiro atoms. The van der Waals surface area contributed by atoms with E-state index in [4.69, 9.17) is 9.47 Å². The first-order valence-electron chi connectivity index (χ1n) is 8.53. The zero-order valence-corrected chi connectivity index (χ0v) is 14.0. The van der Waals surface area contributed by atoms with Crippen molar-refractivity contribution >= 4 is 0 Å². The smallest absolute Gasteiger partial charge is 0.225 e. The molecule has 1 aromatic carbocycles. The quantitative estimate of drug-likeness (QED) is 0.602. The average molecular weight is 359 g/mol. The Morgan fingerprint density at radius 2 is 1.96 bits per heavy atom. The molecule has 4 rings (SSSR count). The summed E-state index contributed by atoms with van der Waals surface area (Å²) < 4.78 is 11.5. The molecule has 138 valence electrons. The number of benzene rings is 1. The molecule has 3 heterocycles. The number of aromatic nitrogens is 1. The minimum atomic E-state index is -1.60. The molecule has 2 aliphatic rings. The molecule has 1 fully saturated rings. The first kappa shape index (κ1) is 17.5. The number of pyridine rings is 1. The summed E-state index contributed by atoms with van der Waals surface area (Å²) in [5.74, 6) is -1.60. The van der Waals surface area contributed by atoms with Gasteiger partial charge in [-0.3, -0.25) is 4.98 Å². The molecule has 7 nitrogen and oxygen atoms in total. The second-order valence-electron chi connectivity index (χ2n) is 6.75. The molecule has 0 bridgehead atoms. The fraction of sp³-hybridized carbons (Fsp3) is 0.421. The molecule has 7 heteroatoms. The van der Waals surface area contributed by atoms with E-state index >= 15 is 0 Å². The Balaban J connectivity index is 1.70. The van der Waals surface area contributed by atoms with Gasteiger partial charge in [-0.1, -0.05) is 18.2 Å². The Kier molecular flexibility index (Phi) is 4.52. The van der Waals surface area contributed by atoms with Gasteiger partial charge in [-0.05, 0) is 35.2 Å². The van der Waals surface area contributed by atoms with Gasteiger partial charge in [0.15, 0.2) is 0 Å².